The lowest BCUT2D eigenvalue weighted by Crippen LogP contribution is -1.97. The van der Waals surface area contributed by atoms with Gasteiger partial charge in [-0.15, -0.1) is 0 Å². The molecule has 0 saturated carbocycles. The van der Waals surface area contributed by atoms with Gasteiger partial charge < -0.3 is 9.47 Å². The first kappa shape index (κ1) is 15.0. The Kier molecular flexibility index (Phi) is 4.79. The minimum atomic E-state index is -0.145. The van der Waals surface area contributed by atoms with Gasteiger partial charge in [-0.25, -0.2) is 0 Å². The van der Waals surface area contributed by atoms with Crippen LogP contribution in [0.2, 0.25) is 0 Å². The highest BCUT2D eigenvalue weighted by Gasteiger charge is 2.07. The highest BCUT2D eigenvalue weighted by atomic mass is 16.5. The summed E-state index contributed by atoms with van der Waals surface area (Å²) in [5, 5.41) is 11.9. The van der Waals surface area contributed by atoms with Gasteiger partial charge in [0.15, 0.2) is 5.75 Å². The van der Waals surface area contributed by atoms with Crippen LogP contribution in [0.15, 0.2) is 78.9 Å². The van der Waals surface area contributed by atoms with Crippen molar-refractivity contribution >= 4 is 0 Å². The maximum Gasteiger partial charge on any atom is 0.220 e. The molecule has 3 nitrogen and oxygen atoms in total. The van der Waals surface area contributed by atoms with E-state index in [0.29, 0.717) is 24.7 Å². The summed E-state index contributed by atoms with van der Waals surface area (Å²) in [5.41, 5.74) is 2.09. The Labute approximate surface area is 135 Å². The van der Waals surface area contributed by atoms with Crippen LogP contribution < -0.4 is 9.47 Å². The Morgan fingerprint density at radius 3 is 1.83 bits per heavy atom. The van der Waals surface area contributed by atoms with Crippen LogP contribution >= 0.6 is 0 Å². The minimum absolute atomic E-state index is 0.145. The molecule has 0 heterocycles. The van der Waals surface area contributed by atoms with Crippen molar-refractivity contribution in [2.75, 3.05) is 0 Å². The second-order valence-electron chi connectivity index (χ2n) is 5.16. The maximum atomic E-state index is 11.9. The van der Waals surface area contributed by atoms with Gasteiger partial charge in [-0.1, -0.05) is 60.7 Å². The molecule has 0 aliphatic carbocycles. The van der Waals surface area contributed by atoms with Crippen LogP contribution in [-0.2, 0) is 18.3 Å². The molecular formula is C20H17O3. The summed E-state index contributed by atoms with van der Waals surface area (Å²) in [4.78, 5) is 0. The smallest absolute Gasteiger partial charge is 0.220 e. The van der Waals surface area contributed by atoms with Crippen molar-refractivity contribution in [2.24, 2.45) is 0 Å². The summed E-state index contributed by atoms with van der Waals surface area (Å²) < 4.78 is 11.3. The zero-order valence-corrected chi connectivity index (χ0v) is 12.6. The van der Waals surface area contributed by atoms with Crippen molar-refractivity contribution in [3.05, 3.63) is 90.0 Å². The van der Waals surface area contributed by atoms with E-state index in [4.69, 9.17) is 9.47 Å². The molecule has 0 N–H and O–H groups in total. The first-order valence-corrected chi connectivity index (χ1v) is 7.46. The van der Waals surface area contributed by atoms with Gasteiger partial charge in [0.1, 0.15) is 19.0 Å². The molecule has 0 fully saturated rings. The quantitative estimate of drug-likeness (QED) is 0.643. The van der Waals surface area contributed by atoms with Gasteiger partial charge in [0, 0.05) is 6.07 Å². The van der Waals surface area contributed by atoms with Gasteiger partial charge in [0.2, 0.25) is 5.75 Å². The third-order valence-corrected chi connectivity index (χ3v) is 3.40. The fraction of sp³-hybridized carbons (Fsp3) is 0.100. The van der Waals surface area contributed by atoms with Crippen molar-refractivity contribution in [1.82, 2.24) is 0 Å². The maximum absolute atomic E-state index is 11.9. The molecule has 3 aromatic carbocycles. The van der Waals surface area contributed by atoms with Crippen LogP contribution in [0.4, 0.5) is 0 Å². The first-order chi connectivity index (χ1) is 11.3. The summed E-state index contributed by atoms with van der Waals surface area (Å²) in [5.74, 6) is 0.781. The topological polar surface area (TPSA) is 38.4 Å². The molecule has 0 aliphatic heterocycles. The molecule has 0 unspecified atom stereocenters. The molecule has 3 heteroatoms. The van der Waals surface area contributed by atoms with Crippen LogP contribution in [0.25, 0.3) is 0 Å². The van der Waals surface area contributed by atoms with Crippen LogP contribution in [0.5, 0.6) is 17.2 Å². The van der Waals surface area contributed by atoms with E-state index in [1.807, 2.05) is 60.7 Å². The lowest BCUT2D eigenvalue weighted by molar-refractivity contribution is 0.261. The molecule has 0 saturated heterocycles. The standard InChI is InChI=1S/C20H17O3/c21-19-12-11-18(22-14-16-7-3-1-4-8-16)13-20(19)23-15-17-9-5-2-6-10-17/h1-13H,14-15H2. The Morgan fingerprint density at radius 1 is 0.652 bits per heavy atom. The SMILES string of the molecule is [O]c1ccc(OCc2ccccc2)cc1OCc1ccccc1. The van der Waals surface area contributed by atoms with Crippen LogP contribution in [0.3, 0.4) is 0 Å². The molecule has 1 radical (unpaired) electrons. The van der Waals surface area contributed by atoms with Gasteiger partial charge in [-0.3, -0.25) is 5.11 Å². The lowest BCUT2D eigenvalue weighted by Gasteiger charge is -2.10. The van der Waals surface area contributed by atoms with Crippen molar-refractivity contribution < 1.29 is 14.6 Å². The van der Waals surface area contributed by atoms with E-state index in [0.717, 1.165) is 11.1 Å². The second kappa shape index (κ2) is 7.36. The van der Waals surface area contributed by atoms with E-state index in [1.165, 1.54) is 6.07 Å². The predicted molar refractivity (Wildman–Crippen MR) is 88.1 cm³/mol. The first-order valence-electron chi connectivity index (χ1n) is 7.46. The molecule has 3 rings (SSSR count). The molecule has 3 aromatic rings. The van der Waals surface area contributed by atoms with E-state index in [1.54, 1.807) is 12.1 Å². The van der Waals surface area contributed by atoms with Gasteiger partial charge in [0.05, 0.1) is 0 Å². The number of benzene rings is 3. The van der Waals surface area contributed by atoms with Gasteiger partial charge in [-0.2, -0.15) is 0 Å². The van der Waals surface area contributed by atoms with Crippen LogP contribution in [0, 0.1) is 0 Å². The summed E-state index contributed by atoms with van der Waals surface area (Å²) in [7, 11) is 0. The molecule has 0 atom stereocenters. The largest absolute Gasteiger partial charge is 0.489 e. The molecule has 0 aromatic heterocycles. The number of hydrogen-bond acceptors (Lipinski definition) is 2. The summed E-state index contributed by atoms with van der Waals surface area (Å²) in [6.07, 6.45) is 0. The fourth-order valence-corrected chi connectivity index (χ4v) is 2.17. The van der Waals surface area contributed by atoms with E-state index in [-0.39, 0.29) is 5.75 Å². The Balaban J connectivity index is 1.64. The van der Waals surface area contributed by atoms with E-state index in [2.05, 4.69) is 0 Å². The van der Waals surface area contributed by atoms with Gasteiger partial charge in [-0.05, 0) is 23.3 Å². The predicted octanol–water partition coefficient (Wildman–Crippen LogP) is 4.99. The fourth-order valence-electron chi connectivity index (χ4n) is 2.17. The van der Waals surface area contributed by atoms with Crippen LogP contribution in [-0.4, -0.2) is 0 Å². The molecule has 115 valence electrons. The molecule has 0 aliphatic rings. The monoisotopic (exact) mass is 305 g/mol. The molecule has 0 amide bonds. The third-order valence-electron chi connectivity index (χ3n) is 3.40. The third kappa shape index (κ3) is 4.27. The summed E-state index contributed by atoms with van der Waals surface area (Å²) in [6, 6.07) is 24.4. The summed E-state index contributed by atoms with van der Waals surface area (Å²) >= 11 is 0. The minimum Gasteiger partial charge on any atom is -0.489 e. The number of hydrogen-bond donors (Lipinski definition) is 0. The number of rotatable bonds is 6. The highest BCUT2D eigenvalue weighted by Crippen LogP contribution is 2.31. The lowest BCUT2D eigenvalue weighted by atomic mass is 10.2. The van der Waals surface area contributed by atoms with Crippen molar-refractivity contribution in [3.63, 3.8) is 0 Å². The van der Waals surface area contributed by atoms with Crippen molar-refractivity contribution in [1.29, 1.82) is 0 Å². The Morgan fingerprint density at radius 2 is 1.22 bits per heavy atom. The number of ether oxygens (including phenoxy) is 2. The average molecular weight is 305 g/mol. The molecule has 0 bridgehead atoms. The van der Waals surface area contributed by atoms with E-state index < -0.39 is 0 Å². The molecule has 0 spiro atoms. The van der Waals surface area contributed by atoms with E-state index in [9.17, 15) is 5.11 Å². The zero-order chi connectivity index (χ0) is 15.9. The van der Waals surface area contributed by atoms with Crippen molar-refractivity contribution in [2.45, 2.75) is 13.2 Å². The molecule has 23 heavy (non-hydrogen) atoms. The Bertz CT molecular complexity index is 739. The molecular weight excluding hydrogens is 288 g/mol. The second-order valence-corrected chi connectivity index (χ2v) is 5.16. The normalized spacial score (nSPS) is 10.3. The van der Waals surface area contributed by atoms with E-state index >= 15 is 0 Å². The Hall–Kier alpha value is -2.94. The summed E-state index contributed by atoms with van der Waals surface area (Å²) in [6.45, 7) is 0.815. The average Bonchev–Trinajstić information content (AvgIpc) is 2.62. The zero-order valence-electron chi connectivity index (χ0n) is 12.6. The highest BCUT2D eigenvalue weighted by molar-refractivity contribution is 5.44. The van der Waals surface area contributed by atoms with Crippen molar-refractivity contribution in [3.8, 4) is 17.2 Å². The van der Waals surface area contributed by atoms with Gasteiger partial charge in [0.25, 0.3) is 0 Å². The van der Waals surface area contributed by atoms with Gasteiger partial charge >= 0.3 is 0 Å². The van der Waals surface area contributed by atoms with Crippen LogP contribution in [0.1, 0.15) is 11.1 Å².